The molecule has 0 radical (unpaired) electrons. The van der Waals surface area contributed by atoms with Gasteiger partial charge in [0, 0.05) is 17.1 Å². The van der Waals surface area contributed by atoms with E-state index >= 15 is 0 Å². The fourth-order valence-electron chi connectivity index (χ4n) is 2.36. The van der Waals surface area contributed by atoms with E-state index in [-0.39, 0.29) is 17.6 Å². The lowest BCUT2D eigenvalue weighted by Gasteiger charge is -2.50. The lowest BCUT2D eigenvalue weighted by Crippen LogP contribution is -2.57. The van der Waals surface area contributed by atoms with Gasteiger partial charge in [0.1, 0.15) is 0 Å². The van der Waals surface area contributed by atoms with Crippen molar-refractivity contribution in [2.75, 3.05) is 5.32 Å². The molecular weight excluding hydrogens is 230 g/mol. The Morgan fingerprint density at radius 3 is 2.61 bits per heavy atom. The van der Waals surface area contributed by atoms with Crippen LogP contribution in [0, 0.1) is 12.3 Å². The first-order chi connectivity index (χ1) is 8.34. The highest BCUT2D eigenvalue weighted by Gasteiger charge is 2.47. The molecule has 0 heterocycles. The van der Waals surface area contributed by atoms with Gasteiger partial charge in [0.15, 0.2) is 0 Å². The molecule has 18 heavy (non-hydrogen) atoms. The van der Waals surface area contributed by atoms with Crippen molar-refractivity contribution in [1.29, 1.82) is 0 Å². The summed E-state index contributed by atoms with van der Waals surface area (Å²) in [5.74, 6) is -0.913. The van der Waals surface area contributed by atoms with E-state index in [0.717, 1.165) is 11.3 Å². The van der Waals surface area contributed by atoms with Crippen LogP contribution in [0.15, 0.2) is 18.2 Å². The first-order valence-electron chi connectivity index (χ1n) is 6.11. The Morgan fingerprint density at radius 2 is 2.11 bits per heavy atom. The van der Waals surface area contributed by atoms with Crippen LogP contribution < -0.4 is 5.32 Å². The SMILES string of the molecule is Cc1c(NC2CC(O)C2(C)C)cccc1C(=O)O. The molecule has 0 saturated heterocycles. The Labute approximate surface area is 107 Å². The molecule has 0 bridgehead atoms. The zero-order valence-corrected chi connectivity index (χ0v) is 10.9. The Hall–Kier alpha value is -1.55. The van der Waals surface area contributed by atoms with Gasteiger partial charge in [0.2, 0.25) is 0 Å². The molecule has 98 valence electrons. The summed E-state index contributed by atoms with van der Waals surface area (Å²) in [4.78, 5) is 11.1. The highest BCUT2D eigenvalue weighted by Crippen LogP contribution is 2.42. The number of carbonyl (C=O) groups is 1. The molecule has 1 fully saturated rings. The van der Waals surface area contributed by atoms with Crippen LogP contribution in [0.2, 0.25) is 0 Å². The van der Waals surface area contributed by atoms with Gasteiger partial charge in [-0.2, -0.15) is 0 Å². The number of hydrogen-bond acceptors (Lipinski definition) is 3. The summed E-state index contributed by atoms with van der Waals surface area (Å²) in [5, 5.41) is 22.1. The summed E-state index contributed by atoms with van der Waals surface area (Å²) in [6, 6.07) is 5.39. The molecule has 3 N–H and O–H groups in total. The highest BCUT2D eigenvalue weighted by molar-refractivity contribution is 5.91. The maximum atomic E-state index is 11.1. The van der Waals surface area contributed by atoms with Gasteiger partial charge in [0.25, 0.3) is 0 Å². The molecule has 2 unspecified atom stereocenters. The van der Waals surface area contributed by atoms with Gasteiger partial charge in [-0.3, -0.25) is 0 Å². The van der Waals surface area contributed by atoms with E-state index < -0.39 is 5.97 Å². The monoisotopic (exact) mass is 249 g/mol. The molecule has 1 saturated carbocycles. The second kappa shape index (κ2) is 4.28. The lowest BCUT2D eigenvalue weighted by atomic mass is 9.64. The predicted octanol–water partition coefficient (Wildman–Crippen LogP) is 2.26. The van der Waals surface area contributed by atoms with E-state index in [1.807, 2.05) is 19.9 Å². The van der Waals surface area contributed by atoms with Crippen LogP contribution in [-0.2, 0) is 0 Å². The molecule has 2 rings (SSSR count). The molecule has 0 aliphatic heterocycles. The fraction of sp³-hybridized carbons (Fsp3) is 0.500. The Bertz CT molecular complexity index is 482. The van der Waals surface area contributed by atoms with Crippen LogP contribution in [0.4, 0.5) is 5.69 Å². The number of aliphatic hydroxyl groups is 1. The first-order valence-corrected chi connectivity index (χ1v) is 6.11. The number of rotatable bonds is 3. The first kappa shape index (κ1) is 12.9. The van der Waals surface area contributed by atoms with Crippen LogP contribution in [0.25, 0.3) is 0 Å². The minimum Gasteiger partial charge on any atom is -0.478 e. The molecule has 1 aliphatic rings. The van der Waals surface area contributed by atoms with E-state index in [4.69, 9.17) is 5.11 Å². The third kappa shape index (κ3) is 1.97. The van der Waals surface area contributed by atoms with Gasteiger partial charge in [-0.15, -0.1) is 0 Å². The lowest BCUT2D eigenvalue weighted by molar-refractivity contribution is -0.0510. The third-order valence-electron chi connectivity index (χ3n) is 4.11. The van der Waals surface area contributed by atoms with Gasteiger partial charge in [-0.25, -0.2) is 4.79 Å². The van der Waals surface area contributed by atoms with E-state index in [9.17, 15) is 9.90 Å². The van der Waals surface area contributed by atoms with Crippen molar-refractivity contribution in [1.82, 2.24) is 0 Å². The Balaban J connectivity index is 2.21. The third-order valence-corrected chi connectivity index (χ3v) is 4.11. The van der Waals surface area contributed by atoms with E-state index in [1.165, 1.54) is 0 Å². The Kier molecular flexibility index (Phi) is 3.07. The van der Waals surface area contributed by atoms with Gasteiger partial charge < -0.3 is 15.5 Å². The average molecular weight is 249 g/mol. The van der Waals surface area contributed by atoms with Crippen LogP contribution in [0.3, 0.4) is 0 Å². The number of benzene rings is 1. The molecule has 1 aromatic carbocycles. The number of carboxylic acids is 1. The second-order valence-electron chi connectivity index (χ2n) is 5.55. The zero-order valence-electron chi connectivity index (χ0n) is 10.9. The van der Waals surface area contributed by atoms with E-state index in [0.29, 0.717) is 12.0 Å². The fourth-order valence-corrected chi connectivity index (χ4v) is 2.36. The summed E-state index contributed by atoms with van der Waals surface area (Å²) in [7, 11) is 0. The van der Waals surface area contributed by atoms with Gasteiger partial charge >= 0.3 is 5.97 Å². The minimum atomic E-state index is -0.913. The maximum absolute atomic E-state index is 11.1. The van der Waals surface area contributed by atoms with Crippen LogP contribution >= 0.6 is 0 Å². The topological polar surface area (TPSA) is 69.6 Å². The minimum absolute atomic E-state index is 0.175. The molecule has 2 atom stereocenters. The van der Waals surface area contributed by atoms with Gasteiger partial charge in [0.05, 0.1) is 11.7 Å². The van der Waals surface area contributed by atoms with E-state index in [1.54, 1.807) is 19.1 Å². The number of hydrogen-bond donors (Lipinski definition) is 3. The van der Waals surface area contributed by atoms with Crippen molar-refractivity contribution >= 4 is 11.7 Å². The quantitative estimate of drug-likeness (QED) is 0.768. The van der Waals surface area contributed by atoms with Crippen molar-refractivity contribution in [2.24, 2.45) is 5.41 Å². The molecule has 1 aliphatic carbocycles. The molecule has 0 aromatic heterocycles. The largest absolute Gasteiger partial charge is 0.478 e. The van der Waals surface area contributed by atoms with Crippen LogP contribution in [0.5, 0.6) is 0 Å². The highest BCUT2D eigenvalue weighted by atomic mass is 16.4. The smallest absolute Gasteiger partial charge is 0.336 e. The predicted molar refractivity (Wildman–Crippen MR) is 70.0 cm³/mol. The standard InChI is InChI=1S/C14H19NO3/c1-8-9(13(17)18)5-4-6-10(8)15-11-7-12(16)14(11,2)3/h4-6,11-12,15-16H,7H2,1-3H3,(H,17,18). The molecule has 4 nitrogen and oxygen atoms in total. The second-order valence-corrected chi connectivity index (χ2v) is 5.55. The summed E-state index contributed by atoms with van der Waals surface area (Å²) in [6.45, 7) is 5.82. The van der Waals surface area contributed by atoms with E-state index in [2.05, 4.69) is 5.32 Å². The van der Waals surface area contributed by atoms with Crippen molar-refractivity contribution in [3.63, 3.8) is 0 Å². The number of aliphatic hydroxyl groups excluding tert-OH is 1. The maximum Gasteiger partial charge on any atom is 0.336 e. The average Bonchev–Trinajstić information content (AvgIpc) is 2.30. The summed E-state index contributed by atoms with van der Waals surface area (Å²) >= 11 is 0. The zero-order chi connectivity index (χ0) is 13.5. The molecule has 1 aromatic rings. The van der Waals surface area contributed by atoms with Gasteiger partial charge in [-0.05, 0) is 31.0 Å². The van der Waals surface area contributed by atoms with Crippen molar-refractivity contribution in [3.8, 4) is 0 Å². The molecular formula is C14H19NO3. The molecule has 0 spiro atoms. The number of nitrogens with one attached hydrogen (secondary N) is 1. The number of aromatic carboxylic acids is 1. The molecule has 0 amide bonds. The number of anilines is 1. The van der Waals surface area contributed by atoms with Crippen molar-refractivity contribution < 1.29 is 15.0 Å². The van der Waals surface area contributed by atoms with Crippen LogP contribution in [-0.4, -0.2) is 28.3 Å². The van der Waals surface area contributed by atoms with Crippen molar-refractivity contribution in [2.45, 2.75) is 39.3 Å². The number of carboxylic acid groups (broad SMARTS) is 1. The van der Waals surface area contributed by atoms with Gasteiger partial charge in [-0.1, -0.05) is 19.9 Å². The summed E-state index contributed by atoms with van der Waals surface area (Å²) in [6.07, 6.45) is 0.405. The Morgan fingerprint density at radius 1 is 1.44 bits per heavy atom. The summed E-state index contributed by atoms with van der Waals surface area (Å²) < 4.78 is 0. The summed E-state index contributed by atoms with van der Waals surface area (Å²) in [5.41, 5.74) is 1.71. The molecule has 4 heteroatoms. The van der Waals surface area contributed by atoms with Crippen LogP contribution in [0.1, 0.15) is 36.2 Å². The van der Waals surface area contributed by atoms with Crippen molar-refractivity contribution in [3.05, 3.63) is 29.3 Å². The normalized spacial score (nSPS) is 25.3.